The first-order chi connectivity index (χ1) is 11.6. The molecule has 0 radical (unpaired) electrons. The van der Waals surface area contributed by atoms with Gasteiger partial charge in [-0.15, -0.1) is 0 Å². The number of fused-ring (bicyclic) bond motifs is 1. The van der Waals surface area contributed by atoms with E-state index in [0.29, 0.717) is 11.8 Å². The molecule has 4 rings (SSSR count). The Morgan fingerprint density at radius 3 is 2.33 bits per heavy atom. The van der Waals surface area contributed by atoms with Gasteiger partial charge in [0.25, 0.3) is 0 Å². The van der Waals surface area contributed by atoms with Crippen molar-refractivity contribution in [1.82, 2.24) is 0 Å². The maximum absolute atomic E-state index is 12.5. The van der Waals surface area contributed by atoms with Crippen LogP contribution in [-0.2, 0) is 4.74 Å². The summed E-state index contributed by atoms with van der Waals surface area (Å²) in [5.41, 5.74) is 1.73. The molecule has 1 heterocycles. The highest BCUT2D eigenvalue weighted by Gasteiger charge is 2.74. The summed E-state index contributed by atoms with van der Waals surface area (Å²) in [6.07, 6.45) is 3.87. The molecule has 2 aliphatic rings. The minimum atomic E-state index is -0.258. The van der Waals surface area contributed by atoms with Gasteiger partial charge in [-0.1, -0.05) is 66.7 Å². The molecule has 0 spiro atoms. The van der Waals surface area contributed by atoms with Crippen LogP contribution in [0.2, 0.25) is 0 Å². The van der Waals surface area contributed by atoms with Crippen LogP contribution in [-0.4, -0.2) is 18.0 Å². The van der Waals surface area contributed by atoms with E-state index in [1.54, 1.807) is 6.08 Å². The van der Waals surface area contributed by atoms with Crippen molar-refractivity contribution < 1.29 is 9.53 Å². The Morgan fingerprint density at radius 2 is 1.67 bits per heavy atom. The Hall–Kier alpha value is -2.19. The smallest absolute Gasteiger partial charge is 0.185 e. The van der Waals surface area contributed by atoms with E-state index in [1.165, 1.54) is 5.56 Å². The fourth-order valence-corrected chi connectivity index (χ4v) is 4.47. The summed E-state index contributed by atoms with van der Waals surface area (Å²) in [5, 5.41) is 0. The molecule has 0 bridgehead atoms. The highest BCUT2D eigenvalue weighted by molar-refractivity contribution is 6.04. The molecular weight excluding hydrogens is 296 g/mol. The third-order valence-electron chi connectivity index (χ3n) is 5.82. The van der Waals surface area contributed by atoms with Gasteiger partial charge >= 0.3 is 0 Å². The maximum Gasteiger partial charge on any atom is 0.185 e. The van der Waals surface area contributed by atoms with Gasteiger partial charge in [-0.05, 0) is 25.5 Å². The minimum Gasteiger partial charge on any atom is -0.374 e. The van der Waals surface area contributed by atoms with Gasteiger partial charge in [0.15, 0.2) is 5.78 Å². The topological polar surface area (TPSA) is 26.3 Å². The summed E-state index contributed by atoms with van der Waals surface area (Å²) in [6, 6.07) is 20.0. The van der Waals surface area contributed by atoms with Gasteiger partial charge in [0.05, 0.1) is 12.2 Å². The van der Waals surface area contributed by atoms with Gasteiger partial charge in [0.2, 0.25) is 0 Å². The first-order valence-electron chi connectivity index (χ1n) is 8.54. The fraction of sp³-hybridized carbons (Fsp3) is 0.318. The third kappa shape index (κ3) is 2.17. The second kappa shape index (κ2) is 5.42. The van der Waals surface area contributed by atoms with Gasteiger partial charge in [-0.2, -0.15) is 0 Å². The van der Waals surface area contributed by atoms with Crippen molar-refractivity contribution in [3.63, 3.8) is 0 Å². The molecule has 0 unspecified atom stereocenters. The van der Waals surface area contributed by atoms with Crippen LogP contribution in [0, 0.1) is 11.3 Å². The van der Waals surface area contributed by atoms with Gasteiger partial charge in [-0.3, -0.25) is 4.79 Å². The van der Waals surface area contributed by atoms with Crippen molar-refractivity contribution in [1.29, 1.82) is 0 Å². The molecule has 2 fully saturated rings. The van der Waals surface area contributed by atoms with Crippen molar-refractivity contribution in [2.24, 2.45) is 11.3 Å². The number of hydrogen-bond donors (Lipinski definition) is 0. The highest BCUT2D eigenvalue weighted by Crippen LogP contribution is 2.75. The molecule has 0 amide bonds. The highest BCUT2D eigenvalue weighted by atomic mass is 16.5. The molecule has 2 nitrogen and oxygen atoms in total. The SMILES string of the molecule is CC1(C)OC[C@@H]2[C@@H](c3ccccc3)[C@@]21/C=C/C(=O)c1ccccc1. The molecule has 24 heavy (non-hydrogen) atoms. The first-order valence-corrected chi connectivity index (χ1v) is 8.54. The predicted octanol–water partition coefficient (Wildman–Crippen LogP) is 4.63. The average Bonchev–Trinajstić information content (AvgIpc) is 3.21. The Bertz CT molecular complexity index is 776. The van der Waals surface area contributed by atoms with Crippen LogP contribution in [0.4, 0.5) is 0 Å². The third-order valence-corrected chi connectivity index (χ3v) is 5.82. The Kier molecular flexibility index (Phi) is 3.47. The lowest BCUT2D eigenvalue weighted by molar-refractivity contribution is -0.0155. The quantitative estimate of drug-likeness (QED) is 0.606. The Morgan fingerprint density at radius 1 is 1.04 bits per heavy atom. The van der Waals surface area contributed by atoms with Crippen molar-refractivity contribution in [2.75, 3.05) is 6.61 Å². The van der Waals surface area contributed by atoms with Crippen molar-refractivity contribution in [2.45, 2.75) is 25.4 Å². The molecule has 2 aromatic carbocycles. The molecule has 1 saturated heterocycles. The summed E-state index contributed by atoms with van der Waals surface area (Å²) in [5.74, 6) is 0.946. The zero-order valence-electron chi connectivity index (χ0n) is 14.1. The summed E-state index contributed by atoms with van der Waals surface area (Å²) in [7, 11) is 0. The summed E-state index contributed by atoms with van der Waals surface area (Å²) in [4.78, 5) is 12.5. The van der Waals surface area contributed by atoms with Crippen LogP contribution in [0.5, 0.6) is 0 Å². The fourth-order valence-electron chi connectivity index (χ4n) is 4.47. The van der Waals surface area contributed by atoms with E-state index in [2.05, 4.69) is 44.2 Å². The van der Waals surface area contributed by atoms with E-state index < -0.39 is 0 Å². The second-order valence-electron chi connectivity index (χ2n) is 7.31. The van der Waals surface area contributed by atoms with E-state index >= 15 is 0 Å². The Balaban J connectivity index is 1.66. The number of carbonyl (C=O) groups excluding carboxylic acids is 1. The molecule has 2 heteroatoms. The molecular formula is C22H22O2. The van der Waals surface area contributed by atoms with Crippen LogP contribution in [0.25, 0.3) is 0 Å². The molecule has 0 aromatic heterocycles. The van der Waals surface area contributed by atoms with Gasteiger partial charge in [0, 0.05) is 22.8 Å². The lowest BCUT2D eigenvalue weighted by atomic mass is 9.82. The largest absolute Gasteiger partial charge is 0.374 e. The zero-order chi connectivity index (χ0) is 16.8. The average molecular weight is 318 g/mol. The minimum absolute atomic E-state index is 0.0603. The van der Waals surface area contributed by atoms with Gasteiger partial charge in [-0.25, -0.2) is 0 Å². The number of benzene rings is 2. The number of carbonyl (C=O) groups is 1. The predicted molar refractivity (Wildman–Crippen MR) is 95.0 cm³/mol. The van der Waals surface area contributed by atoms with E-state index in [0.717, 1.165) is 12.2 Å². The van der Waals surface area contributed by atoms with E-state index in [9.17, 15) is 4.79 Å². The first kappa shape index (κ1) is 15.3. The van der Waals surface area contributed by atoms with E-state index in [1.807, 2.05) is 36.4 Å². The van der Waals surface area contributed by atoms with Crippen molar-refractivity contribution in [3.8, 4) is 0 Å². The van der Waals surface area contributed by atoms with Gasteiger partial charge in [0.1, 0.15) is 0 Å². The number of hydrogen-bond acceptors (Lipinski definition) is 2. The number of rotatable bonds is 4. The lowest BCUT2D eigenvalue weighted by Crippen LogP contribution is -2.32. The number of ether oxygens (including phenoxy) is 1. The molecule has 1 aliphatic carbocycles. The second-order valence-corrected chi connectivity index (χ2v) is 7.31. The lowest BCUT2D eigenvalue weighted by Gasteiger charge is -2.30. The summed E-state index contributed by atoms with van der Waals surface area (Å²) >= 11 is 0. The maximum atomic E-state index is 12.5. The normalized spacial score (nSPS) is 30.2. The standard InChI is InChI=1S/C22H22O2/c1-21(2)22(14-13-19(23)16-9-5-3-6-10-16)18(15-24-21)20(22)17-11-7-4-8-12-17/h3-14,18,20H,15H2,1-2H3/b14-13+/t18-,20-,22-/m1/s1. The van der Waals surface area contributed by atoms with Crippen LogP contribution < -0.4 is 0 Å². The van der Waals surface area contributed by atoms with Crippen molar-refractivity contribution in [3.05, 3.63) is 83.9 Å². The number of ketones is 1. The summed E-state index contributed by atoms with van der Waals surface area (Å²) in [6.45, 7) is 5.05. The van der Waals surface area contributed by atoms with Crippen molar-refractivity contribution >= 4 is 5.78 Å². The monoisotopic (exact) mass is 318 g/mol. The molecule has 3 atom stereocenters. The van der Waals surface area contributed by atoms with Crippen LogP contribution in [0.1, 0.15) is 35.7 Å². The van der Waals surface area contributed by atoms with E-state index in [4.69, 9.17) is 4.74 Å². The molecule has 1 aliphatic heterocycles. The van der Waals surface area contributed by atoms with Gasteiger partial charge < -0.3 is 4.74 Å². The molecule has 122 valence electrons. The Labute approximate surface area is 143 Å². The van der Waals surface area contributed by atoms with Crippen LogP contribution in [0.15, 0.2) is 72.8 Å². The van der Waals surface area contributed by atoms with Crippen LogP contribution in [0.3, 0.4) is 0 Å². The number of allylic oxidation sites excluding steroid dienone is 1. The zero-order valence-corrected chi connectivity index (χ0v) is 14.1. The van der Waals surface area contributed by atoms with Crippen LogP contribution >= 0.6 is 0 Å². The van der Waals surface area contributed by atoms with E-state index in [-0.39, 0.29) is 16.8 Å². The molecule has 2 aromatic rings. The summed E-state index contributed by atoms with van der Waals surface area (Å²) < 4.78 is 6.03. The molecule has 1 saturated carbocycles. The molecule has 0 N–H and O–H groups in total.